The van der Waals surface area contributed by atoms with Crippen molar-refractivity contribution in [1.29, 1.82) is 5.26 Å². The van der Waals surface area contributed by atoms with Gasteiger partial charge in [0, 0.05) is 5.69 Å². The molecule has 2 rings (SSSR count). The Bertz CT molecular complexity index is 819. The van der Waals surface area contributed by atoms with E-state index in [0.717, 1.165) is 12.1 Å². The lowest BCUT2D eigenvalue weighted by molar-refractivity contribution is 0.0694. The number of aryl methyl sites for hydroxylation is 1. The predicted molar refractivity (Wildman–Crippen MR) is 72.6 cm³/mol. The molecule has 1 aromatic heterocycles. The number of aromatic nitrogens is 1. The van der Waals surface area contributed by atoms with E-state index in [4.69, 9.17) is 10.4 Å². The van der Waals surface area contributed by atoms with Gasteiger partial charge in [0.05, 0.1) is 18.2 Å². The molecule has 5 nitrogen and oxygen atoms in total. The van der Waals surface area contributed by atoms with Gasteiger partial charge in [-0.3, -0.25) is 4.79 Å². The smallest absolute Gasteiger partial charge is 0.341 e. The van der Waals surface area contributed by atoms with Crippen LogP contribution in [0.1, 0.15) is 27.2 Å². The Labute approximate surface area is 119 Å². The zero-order valence-electron chi connectivity index (χ0n) is 11.1. The van der Waals surface area contributed by atoms with Crippen LogP contribution in [-0.2, 0) is 6.54 Å². The number of carbonyl (C=O) groups is 1. The Morgan fingerprint density at radius 2 is 2.10 bits per heavy atom. The number of pyridine rings is 1. The number of hydrogen-bond donors (Lipinski definition) is 1. The average molecular weight is 286 g/mol. The van der Waals surface area contributed by atoms with Crippen LogP contribution < -0.4 is 5.56 Å². The lowest BCUT2D eigenvalue weighted by atomic mass is 10.1. The minimum absolute atomic E-state index is 0.0631. The van der Waals surface area contributed by atoms with Crippen molar-refractivity contribution in [2.45, 2.75) is 13.5 Å². The first kappa shape index (κ1) is 14.5. The molecule has 0 bridgehead atoms. The van der Waals surface area contributed by atoms with E-state index in [1.807, 2.05) is 6.07 Å². The molecule has 2 aromatic rings. The molecule has 0 saturated carbocycles. The molecular weight excluding hydrogens is 275 g/mol. The molecule has 106 valence electrons. The van der Waals surface area contributed by atoms with Gasteiger partial charge in [-0.25, -0.2) is 9.18 Å². The van der Waals surface area contributed by atoms with E-state index in [0.29, 0.717) is 11.3 Å². The highest BCUT2D eigenvalue weighted by molar-refractivity contribution is 5.87. The van der Waals surface area contributed by atoms with E-state index in [2.05, 4.69) is 0 Å². The third-order valence-electron chi connectivity index (χ3n) is 3.14. The highest BCUT2D eigenvalue weighted by Gasteiger charge is 2.14. The van der Waals surface area contributed by atoms with Gasteiger partial charge in [-0.15, -0.1) is 0 Å². The van der Waals surface area contributed by atoms with Gasteiger partial charge in [0.15, 0.2) is 0 Å². The third-order valence-corrected chi connectivity index (χ3v) is 3.14. The number of nitriles is 1. The van der Waals surface area contributed by atoms with Crippen LogP contribution in [0.15, 0.2) is 35.1 Å². The van der Waals surface area contributed by atoms with Crippen molar-refractivity contribution in [3.63, 3.8) is 0 Å². The van der Waals surface area contributed by atoms with Crippen LogP contribution in [-0.4, -0.2) is 15.6 Å². The summed E-state index contributed by atoms with van der Waals surface area (Å²) in [6.07, 6.45) is 0. The molecule has 1 heterocycles. The first-order chi connectivity index (χ1) is 9.93. The van der Waals surface area contributed by atoms with Gasteiger partial charge in [-0.2, -0.15) is 5.26 Å². The lowest BCUT2D eigenvalue weighted by Gasteiger charge is -2.12. The first-order valence-electron chi connectivity index (χ1n) is 6.06. The van der Waals surface area contributed by atoms with Crippen LogP contribution in [0.25, 0.3) is 0 Å². The van der Waals surface area contributed by atoms with E-state index >= 15 is 0 Å². The molecule has 0 fully saturated rings. The van der Waals surface area contributed by atoms with Crippen molar-refractivity contribution >= 4 is 5.97 Å². The van der Waals surface area contributed by atoms with Crippen molar-refractivity contribution in [2.75, 3.05) is 0 Å². The SMILES string of the molecule is Cc1ccc(C(=O)O)c(=O)n1Cc1cc(F)ccc1C#N. The quantitative estimate of drug-likeness (QED) is 0.934. The Balaban J connectivity index is 2.58. The molecule has 0 atom stereocenters. The topological polar surface area (TPSA) is 83.1 Å². The van der Waals surface area contributed by atoms with Crippen molar-refractivity contribution < 1.29 is 14.3 Å². The molecule has 0 amide bonds. The lowest BCUT2D eigenvalue weighted by Crippen LogP contribution is -2.28. The molecule has 1 aromatic carbocycles. The van der Waals surface area contributed by atoms with Crippen LogP contribution in [0, 0.1) is 24.1 Å². The molecule has 1 N–H and O–H groups in total. The van der Waals surface area contributed by atoms with E-state index in [1.165, 1.54) is 22.8 Å². The van der Waals surface area contributed by atoms with Crippen LogP contribution >= 0.6 is 0 Å². The predicted octanol–water partition coefficient (Wildman–Crippen LogP) is 1.91. The Morgan fingerprint density at radius 1 is 1.38 bits per heavy atom. The zero-order chi connectivity index (χ0) is 15.6. The Morgan fingerprint density at radius 3 is 2.71 bits per heavy atom. The highest BCUT2D eigenvalue weighted by Crippen LogP contribution is 2.13. The first-order valence-corrected chi connectivity index (χ1v) is 6.06. The molecule has 0 aliphatic rings. The van der Waals surface area contributed by atoms with Gasteiger partial charge >= 0.3 is 5.97 Å². The molecule has 0 radical (unpaired) electrons. The second kappa shape index (κ2) is 5.59. The molecule has 6 heteroatoms. The summed E-state index contributed by atoms with van der Waals surface area (Å²) in [5.74, 6) is -1.85. The van der Waals surface area contributed by atoms with Crippen molar-refractivity contribution in [3.05, 3.63) is 68.9 Å². The summed E-state index contributed by atoms with van der Waals surface area (Å²) in [6.45, 7) is 1.57. The van der Waals surface area contributed by atoms with E-state index in [9.17, 15) is 14.0 Å². The van der Waals surface area contributed by atoms with Crippen LogP contribution in [0.2, 0.25) is 0 Å². The molecule has 0 spiro atoms. The molecule has 21 heavy (non-hydrogen) atoms. The summed E-state index contributed by atoms with van der Waals surface area (Å²) in [5, 5.41) is 18.0. The number of rotatable bonds is 3. The zero-order valence-corrected chi connectivity index (χ0v) is 11.1. The van der Waals surface area contributed by atoms with Gasteiger partial charge < -0.3 is 9.67 Å². The summed E-state index contributed by atoms with van der Waals surface area (Å²) in [5.41, 5.74) is 0.0398. The Hall–Kier alpha value is -2.94. The molecule has 0 saturated heterocycles. The highest BCUT2D eigenvalue weighted by atomic mass is 19.1. The molecule has 0 unspecified atom stereocenters. The van der Waals surface area contributed by atoms with Gasteiger partial charge in [-0.05, 0) is 42.8 Å². The van der Waals surface area contributed by atoms with Crippen molar-refractivity contribution in [2.24, 2.45) is 0 Å². The van der Waals surface area contributed by atoms with Crippen molar-refractivity contribution in [3.8, 4) is 6.07 Å². The van der Waals surface area contributed by atoms with Crippen LogP contribution in [0.3, 0.4) is 0 Å². The van der Waals surface area contributed by atoms with Gasteiger partial charge in [0.2, 0.25) is 0 Å². The fraction of sp³-hybridized carbons (Fsp3) is 0.133. The van der Waals surface area contributed by atoms with E-state index in [-0.39, 0.29) is 17.7 Å². The number of nitrogens with zero attached hydrogens (tertiary/aromatic N) is 2. The maximum Gasteiger partial charge on any atom is 0.341 e. The van der Waals surface area contributed by atoms with Gasteiger partial charge in [0.1, 0.15) is 11.4 Å². The van der Waals surface area contributed by atoms with Gasteiger partial charge in [-0.1, -0.05) is 0 Å². The molecular formula is C15H11FN2O3. The Kier molecular flexibility index (Phi) is 3.85. The second-order valence-corrected chi connectivity index (χ2v) is 4.50. The molecule has 0 aliphatic carbocycles. The number of halogens is 1. The third kappa shape index (κ3) is 2.82. The number of benzene rings is 1. The summed E-state index contributed by atoms with van der Waals surface area (Å²) in [7, 11) is 0. The maximum atomic E-state index is 13.3. The summed E-state index contributed by atoms with van der Waals surface area (Å²) >= 11 is 0. The largest absolute Gasteiger partial charge is 0.477 e. The normalized spacial score (nSPS) is 10.1. The maximum absolute atomic E-state index is 13.3. The monoisotopic (exact) mass is 286 g/mol. The van der Waals surface area contributed by atoms with E-state index in [1.54, 1.807) is 6.92 Å². The summed E-state index contributed by atoms with van der Waals surface area (Å²) < 4.78 is 14.5. The van der Waals surface area contributed by atoms with Gasteiger partial charge in [0.25, 0.3) is 5.56 Å². The summed E-state index contributed by atoms with van der Waals surface area (Å²) in [4.78, 5) is 23.1. The minimum atomic E-state index is -1.33. The van der Waals surface area contributed by atoms with Crippen LogP contribution in [0.5, 0.6) is 0 Å². The van der Waals surface area contributed by atoms with Crippen LogP contribution in [0.4, 0.5) is 4.39 Å². The van der Waals surface area contributed by atoms with Crippen molar-refractivity contribution in [1.82, 2.24) is 4.57 Å². The second-order valence-electron chi connectivity index (χ2n) is 4.50. The average Bonchev–Trinajstić information content (AvgIpc) is 2.43. The number of carboxylic acids is 1. The number of aromatic carboxylic acids is 1. The fourth-order valence-corrected chi connectivity index (χ4v) is 2.00. The van der Waals surface area contributed by atoms with E-state index < -0.39 is 17.3 Å². The summed E-state index contributed by atoms with van der Waals surface area (Å²) in [6, 6.07) is 8.29. The number of hydrogen-bond acceptors (Lipinski definition) is 3. The number of carboxylic acid groups (broad SMARTS) is 1. The standard InChI is InChI=1S/C15H11FN2O3/c1-9-2-5-13(15(20)21)14(19)18(9)8-11-6-12(16)4-3-10(11)7-17/h2-6H,8H2,1H3,(H,20,21). The minimum Gasteiger partial charge on any atom is -0.477 e. The molecule has 0 aliphatic heterocycles. The fourth-order valence-electron chi connectivity index (χ4n) is 2.00.